The van der Waals surface area contributed by atoms with Gasteiger partial charge in [0.05, 0.1) is 18.3 Å². The summed E-state index contributed by atoms with van der Waals surface area (Å²) in [6.45, 7) is 3.00. The highest BCUT2D eigenvalue weighted by molar-refractivity contribution is 6.50. The van der Waals surface area contributed by atoms with E-state index in [1.54, 1.807) is 55.6 Å². The number of hydrogen-bond acceptors (Lipinski definition) is 6. The molecule has 2 atom stereocenters. The Morgan fingerprint density at radius 3 is 2.56 bits per heavy atom. The third kappa shape index (κ3) is 3.05. The zero-order valence-electron chi connectivity index (χ0n) is 19.1. The first-order valence-electron chi connectivity index (χ1n) is 11.4. The molecule has 3 heterocycles. The molecule has 1 N–H and O–H groups in total. The Morgan fingerprint density at radius 2 is 1.88 bits per heavy atom. The fourth-order valence-corrected chi connectivity index (χ4v) is 5.23. The average molecular weight is 463 g/mol. The van der Waals surface area contributed by atoms with E-state index >= 15 is 0 Å². The molecule has 2 aromatic carbocycles. The van der Waals surface area contributed by atoms with Crippen LogP contribution in [0.5, 0.6) is 5.75 Å². The molecule has 0 bridgehead atoms. The monoisotopic (exact) mass is 462 g/mol. The summed E-state index contributed by atoms with van der Waals surface area (Å²) < 4.78 is 11.2. The van der Waals surface area contributed by atoms with Crippen molar-refractivity contribution in [1.29, 1.82) is 0 Å². The molecule has 0 radical (unpaired) electrons. The van der Waals surface area contributed by atoms with Crippen LogP contribution in [0.25, 0.3) is 5.76 Å². The number of likely N-dealkylation sites (N-methyl/N-ethyl adjacent to an activating group) is 1. The standard InChI is InChI=1S/C26H26N2O6/c1-3-33-17-12-10-16(11-13-17)22(29)21-23(30)24(31)28(15-18-7-6-14-34-18)26(21)19-8-4-5-9-20(19)27(2)25(26)32/h4-5,8-13,18,29H,3,6-7,14-15H2,1-2H3/t18-,26-/m1/s1. The third-order valence-corrected chi connectivity index (χ3v) is 6.79. The van der Waals surface area contributed by atoms with Crippen molar-refractivity contribution in [1.82, 2.24) is 4.90 Å². The lowest BCUT2D eigenvalue weighted by atomic mass is 9.81. The van der Waals surface area contributed by atoms with Gasteiger partial charge in [-0.3, -0.25) is 14.4 Å². The molecule has 0 aromatic heterocycles. The molecule has 0 unspecified atom stereocenters. The molecule has 8 heteroatoms. The Bertz CT molecular complexity index is 1200. The van der Waals surface area contributed by atoms with Crippen molar-refractivity contribution in [2.45, 2.75) is 31.4 Å². The Labute approximate surface area is 197 Å². The van der Waals surface area contributed by atoms with E-state index in [1.165, 1.54) is 9.80 Å². The van der Waals surface area contributed by atoms with E-state index in [0.717, 1.165) is 12.8 Å². The summed E-state index contributed by atoms with van der Waals surface area (Å²) in [6.07, 6.45) is 1.29. The molecule has 0 saturated carbocycles. The van der Waals surface area contributed by atoms with Crippen molar-refractivity contribution >= 4 is 29.0 Å². The Balaban J connectivity index is 1.73. The summed E-state index contributed by atoms with van der Waals surface area (Å²) in [5.74, 6) is -1.95. The molecule has 176 valence electrons. The lowest BCUT2D eigenvalue weighted by Crippen LogP contribution is -2.53. The number of ketones is 1. The molecule has 2 saturated heterocycles. The molecule has 2 amide bonds. The fourth-order valence-electron chi connectivity index (χ4n) is 5.23. The van der Waals surface area contributed by atoms with Gasteiger partial charge >= 0.3 is 0 Å². The van der Waals surface area contributed by atoms with Crippen molar-refractivity contribution in [3.63, 3.8) is 0 Å². The topological polar surface area (TPSA) is 96.4 Å². The molecule has 0 aliphatic carbocycles. The second-order valence-corrected chi connectivity index (χ2v) is 8.65. The maximum atomic E-state index is 13.9. The second-order valence-electron chi connectivity index (χ2n) is 8.65. The predicted molar refractivity (Wildman–Crippen MR) is 124 cm³/mol. The van der Waals surface area contributed by atoms with Crippen molar-refractivity contribution < 1.29 is 29.0 Å². The van der Waals surface area contributed by atoms with E-state index in [0.29, 0.717) is 35.8 Å². The zero-order chi connectivity index (χ0) is 24.0. The number of rotatable bonds is 5. The van der Waals surface area contributed by atoms with Gasteiger partial charge in [0.2, 0.25) is 0 Å². The summed E-state index contributed by atoms with van der Waals surface area (Å²) in [6, 6.07) is 13.6. The SMILES string of the molecule is CCOc1ccc(C(O)=C2C(=O)C(=O)N(C[C@H]3CCCO3)[C@@]23C(=O)N(C)c2ccccc23)cc1. The van der Waals surface area contributed by atoms with E-state index in [1.807, 2.05) is 6.92 Å². The van der Waals surface area contributed by atoms with Gasteiger partial charge in [0.1, 0.15) is 11.5 Å². The maximum absolute atomic E-state index is 13.9. The van der Waals surface area contributed by atoms with E-state index < -0.39 is 28.9 Å². The van der Waals surface area contributed by atoms with Crippen LogP contribution in [-0.2, 0) is 24.7 Å². The number of aliphatic hydroxyl groups is 1. The molecule has 3 aliphatic rings. The molecular formula is C26H26N2O6. The molecule has 3 aliphatic heterocycles. The summed E-state index contributed by atoms with van der Waals surface area (Å²) >= 11 is 0. The molecule has 34 heavy (non-hydrogen) atoms. The molecule has 5 rings (SSSR count). The largest absolute Gasteiger partial charge is 0.507 e. The third-order valence-electron chi connectivity index (χ3n) is 6.79. The van der Waals surface area contributed by atoms with Crippen LogP contribution in [-0.4, -0.2) is 60.5 Å². The maximum Gasteiger partial charge on any atom is 0.296 e. The van der Waals surface area contributed by atoms with Crippen molar-refractivity contribution in [2.24, 2.45) is 0 Å². The first-order chi connectivity index (χ1) is 16.4. The van der Waals surface area contributed by atoms with E-state index in [4.69, 9.17) is 9.47 Å². The Kier molecular flexibility index (Phi) is 5.40. The van der Waals surface area contributed by atoms with Crippen molar-refractivity contribution in [3.05, 3.63) is 65.2 Å². The van der Waals surface area contributed by atoms with E-state index in [9.17, 15) is 19.5 Å². The van der Waals surface area contributed by atoms with Crippen LogP contribution in [0.3, 0.4) is 0 Å². The average Bonchev–Trinajstić information content (AvgIpc) is 3.50. The van der Waals surface area contributed by atoms with Gasteiger partial charge in [0, 0.05) is 37.0 Å². The number of amides is 2. The molecule has 1 spiro atoms. The number of likely N-dealkylation sites (tertiary alicyclic amines) is 1. The smallest absolute Gasteiger partial charge is 0.296 e. The van der Waals surface area contributed by atoms with Gasteiger partial charge in [-0.25, -0.2) is 0 Å². The van der Waals surface area contributed by atoms with Crippen LogP contribution in [0.4, 0.5) is 5.69 Å². The van der Waals surface area contributed by atoms with E-state index in [-0.39, 0.29) is 18.2 Å². The first kappa shape index (κ1) is 22.2. The second kappa shape index (κ2) is 8.29. The van der Waals surface area contributed by atoms with Gasteiger partial charge in [0.25, 0.3) is 17.6 Å². The minimum atomic E-state index is -1.76. The molecule has 2 fully saturated rings. The highest BCUT2D eigenvalue weighted by Crippen LogP contribution is 2.53. The minimum absolute atomic E-state index is 0.0819. The van der Waals surface area contributed by atoms with Crippen LogP contribution in [0, 0.1) is 0 Å². The van der Waals surface area contributed by atoms with E-state index in [2.05, 4.69) is 0 Å². The minimum Gasteiger partial charge on any atom is -0.507 e. The molecular weight excluding hydrogens is 436 g/mol. The van der Waals surface area contributed by atoms with Gasteiger partial charge in [-0.1, -0.05) is 18.2 Å². The number of anilines is 1. The molecule has 2 aromatic rings. The lowest BCUT2D eigenvalue weighted by Gasteiger charge is -2.35. The number of ether oxygens (including phenoxy) is 2. The number of nitrogens with zero attached hydrogens (tertiary/aromatic N) is 2. The van der Waals surface area contributed by atoms with Crippen LogP contribution in [0.15, 0.2) is 54.1 Å². The lowest BCUT2D eigenvalue weighted by molar-refractivity contribution is -0.145. The van der Waals surface area contributed by atoms with Gasteiger partial charge < -0.3 is 24.4 Å². The Morgan fingerprint density at radius 1 is 1.15 bits per heavy atom. The summed E-state index contributed by atoms with van der Waals surface area (Å²) in [7, 11) is 1.61. The summed E-state index contributed by atoms with van der Waals surface area (Å²) in [4.78, 5) is 43.5. The summed E-state index contributed by atoms with van der Waals surface area (Å²) in [5, 5.41) is 11.4. The van der Waals surface area contributed by atoms with Crippen molar-refractivity contribution in [3.8, 4) is 5.75 Å². The van der Waals surface area contributed by atoms with Gasteiger partial charge in [-0.05, 0) is 50.1 Å². The fraction of sp³-hybridized carbons (Fsp3) is 0.346. The van der Waals surface area contributed by atoms with Crippen LogP contribution < -0.4 is 9.64 Å². The first-order valence-corrected chi connectivity index (χ1v) is 11.4. The van der Waals surface area contributed by atoms with Crippen molar-refractivity contribution in [2.75, 3.05) is 31.7 Å². The number of hydrogen-bond donors (Lipinski definition) is 1. The number of benzene rings is 2. The van der Waals surface area contributed by atoms with Crippen LogP contribution in [0.1, 0.15) is 30.9 Å². The zero-order valence-corrected chi connectivity index (χ0v) is 19.1. The summed E-state index contributed by atoms with van der Waals surface area (Å²) in [5.41, 5.74) is -0.579. The number of fused-ring (bicyclic) bond motifs is 2. The number of Topliss-reactive ketones (excluding diaryl/α,β-unsaturated/α-hetero) is 1. The molecule has 8 nitrogen and oxygen atoms in total. The highest BCUT2D eigenvalue weighted by atomic mass is 16.5. The van der Waals surface area contributed by atoms with Crippen LogP contribution in [0.2, 0.25) is 0 Å². The number of carbonyl (C=O) groups excluding carboxylic acids is 3. The number of aliphatic hydroxyl groups excluding tert-OH is 1. The Hall–Kier alpha value is -3.65. The van der Waals surface area contributed by atoms with Gasteiger partial charge in [-0.2, -0.15) is 0 Å². The quantitative estimate of drug-likeness (QED) is 0.417. The normalized spacial score (nSPS) is 25.5. The highest BCUT2D eigenvalue weighted by Gasteiger charge is 2.66. The predicted octanol–water partition coefficient (Wildman–Crippen LogP) is 2.82. The van der Waals surface area contributed by atoms with Gasteiger partial charge in [0.15, 0.2) is 5.54 Å². The number of carbonyl (C=O) groups is 3. The van der Waals surface area contributed by atoms with Gasteiger partial charge in [-0.15, -0.1) is 0 Å². The number of para-hydroxylation sites is 1. The van der Waals surface area contributed by atoms with Crippen LogP contribution >= 0.6 is 0 Å².